The van der Waals surface area contributed by atoms with E-state index in [9.17, 15) is 9.50 Å². The molecule has 1 saturated carbocycles. The van der Waals surface area contributed by atoms with Crippen LogP contribution in [-0.4, -0.2) is 27.5 Å². The summed E-state index contributed by atoms with van der Waals surface area (Å²) >= 11 is 5.87. The Kier molecular flexibility index (Phi) is 5.69. The van der Waals surface area contributed by atoms with Gasteiger partial charge in [-0.25, -0.2) is 14.4 Å². The van der Waals surface area contributed by atoms with Crippen LogP contribution >= 0.6 is 11.6 Å². The van der Waals surface area contributed by atoms with Gasteiger partial charge in [0.2, 0.25) is 0 Å². The summed E-state index contributed by atoms with van der Waals surface area (Å²) in [6.07, 6.45) is 4.20. The highest BCUT2D eigenvalue weighted by atomic mass is 35.5. The molecule has 1 heterocycles. The molecule has 4 rings (SSSR count). The van der Waals surface area contributed by atoms with Gasteiger partial charge in [0.25, 0.3) is 0 Å². The van der Waals surface area contributed by atoms with Gasteiger partial charge in [0.1, 0.15) is 18.0 Å². The third-order valence-corrected chi connectivity index (χ3v) is 5.13. The predicted octanol–water partition coefficient (Wildman–Crippen LogP) is 5.20. The van der Waals surface area contributed by atoms with Crippen molar-refractivity contribution in [2.24, 2.45) is 0 Å². The fourth-order valence-electron chi connectivity index (χ4n) is 2.96. The van der Waals surface area contributed by atoms with Crippen molar-refractivity contribution in [2.45, 2.75) is 45.0 Å². The zero-order valence-electron chi connectivity index (χ0n) is 15.9. The third-order valence-electron chi connectivity index (χ3n) is 4.84. The maximum absolute atomic E-state index is 13.4. The molecule has 2 N–H and O–H groups in total. The monoisotopic (exact) mass is 417 g/mol. The van der Waals surface area contributed by atoms with Gasteiger partial charge >= 0.3 is 0 Å². The highest BCUT2D eigenvalue weighted by Gasteiger charge is 2.22. The minimum atomic E-state index is -0.951. The summed E-state index contributed by atoms with van der Waals surface area (Å²) in [4.78, 5) is 8.63. The van der Waals surface area contributed by atoms with E-state index in [1.165, 1.54) is 18.5 Å². The Morgan fingerprint density at radius 1 is 1.24 bits per heavy atom. The zero-order chi connectivity index (χ0) is 20.4. The highest BCUT2D eigenvalue weighted by Crippen LogP contribution is 2.38. The topological polar surface area (TPSA) is 76.5 Å². The first-order valence-electron chi connectivity index (χ1n) is 9.55. The first-order valence-corrected chi connectivity index (χ1v) is 9.93. The molecule has 0 amide bonds. The lowest BCUT2D eigenvalue weighted by molar-refractivity contribution is -0.0226. The van der Waals surface area contributed by atoms with E-state index in [1.807, 2.05) is 6.92 Å². The van der Waals surface area contributed by atoms with Crippen molar-refractivity contribution in [1.29, 1.82) is 0 Å². The van der Waals surface area contributed by atoms with E-state index >= 15 is 0 Å². The Morgan fingerprint density at radius 2 is 2.07 bits per heavy atom. The number of fused-ring (bicyclic) bond motifs is 1. The van der Waals surface area contributed by atoms with Crippen LogP contribution in [0.1, 0.15) is 32.6 Å². The van der Waals surface area contributed by atoms with Crippen LogP contribution in [0.3, 0.4) is 0 Å². The van der Waals surface area contributed by atoms with Crippen LogP contribution in [0.2, 0.25) is 5.02 Å². The van der Waals surface area contributed by atoms with Crippen molar-refractivity contribution in [3.05, 3.63) is 47.5 Å². The summed E-state index contributed by atoms with van der Waals surface area (Å²) in [6, 6.07) is 7.87. The molecule has 0 spiro atoms. The normalized spacial score (nSPS) is 15.0. The molecule has 0 saturated heterocycles. The second-order valence-electron chi connectivity index (χ2n) is 6.94. The van der Waals surface area contributed by atoms with Crippen LogP contribution in [0.25, 0.3) is 10.9 Å². The first-order chi connectivity index (χ1) is 14.0. The summed E-state index contributed by atoms with van der Waals surface area (Å²) < 4.78 is 25.2. The van der Waals surface area contributed by atoms with Gasteiger partial charge in [0, 0.05) is 23.6 Å². The van der Waals surface area contributed by atoms with Gasteiger partial charge < -0.3 is 19.9 Å². The summed E-state index contributed by atoms with van der Waals surface area (Å²) in [6.45, 7) is 1.83. The number of aromatic nitrogens is 2. The molecule has 0 bridgehead atoms. The van der Waals surface area contributed by atoms with Crippen molar-refractivity contribution >= 4 is 34.0 Å². The van der Waals surface area contributed by atoms with Gasteiger partial charge in [-0.1, -0.05) is 18.5 Å². The SMILES string of the molecule is CCC(O)Oc1cc2c(Nc3ccc(F)c(Cl)c3)ncnc2cc1OC1CCC1. The summed E-state index contributed by atoms with van der Waals surface area (Å²) in [5.41, 5.74) is 1.24. The Hall–Kier alpha value is -2.64. The van der Waals surface area contributed by atoms with Crippen molar-refractivity contribution in [2.75, 3.05) is 5.32 Å². The lowest BCUT2D eigenvalue weighted by Crippen LogP contribution is -2.25. The number of nitrogens with zero attached hydrogens (tertiary/aromatic N) is 2. The van der Waals surface area contributed by atoms with Crippen molar-refractivity contribution in [3.8, 4) is 11.5 Å². The molecule has 6 nitrogen and oxygen atoms in total. The predicted molar refractivity (Wildman–Crippen MR) is 109 cm³/mol. The number of halogens is 2. The summed E-state index contributed by atoms with van der Waals surface area (Å²) in [5, 5.41) is 13.8. The second-order valence-corrected chi connectivity index (χ2v) is 7.35. The van der Waals surface area contributed by atoms with Crippen LogP contribution in [0.15, 0.2) is 36.7 Å². The number of hydrogen-bond donors (Lipinski definition) is 2. The number of benzene rings is 2. The minimum Gasteiger partial charge on any atom is -0.486 e. The Morgan fingerprint density at radius 3 is 2.76 bits per heavy atom. The first kappa shape index (κ1) is 19.7. The largest absolute Gasteiger partial charge is 0.486 e. The fraction of sp³-hybridized carbons (Fsp3) is 0.333. The third kappa shape index (κ3) is 4.36. The van der Waals surface area contributed by atoms with Crippen LogP contribution in [0.4, 0.5) is 15.9 Å². The van der Waals surface area contributed by atoms with E-state index < -0.39 is 12.1 Å². The standard InChI is InChI=1S/C21H21ClFN3O3/c1-2-20(27)29-18-9-14-17(10-19(18)28-13-4-3-5-13)24-11-25-21(14)26-12-6-7-16(23)15(22)8-12/h6-11,13,20,27H,2-5H2,1H3,(H,24,25,26). The molecule has 0 aliphatic heterocycles. The van der Waals surface area contributed by atoms with E-state index in [4.69, 9.17) is 21.1 Å². The molecule has 152 valence electrons. The molecule has 1 aliphatic rings. The number of aliphatic hydroxyl groups is 1. The lowest BCUT2D eigenvalue weighted by Gasteiger charge is -2.28. The number of hydrogen-bond acceptors (Lipinski definition) is 6. The number of rotatable bonds is 7. The number of aliphatic hydroxyl groups excluding tert-OH is 1. The molecule has 2 aromatic carbocycles. The molecule has 1 fully saturated rings. The summed E-state index contributed by atoms with van der Waals surface area (Å²) in [5.74, 6) is 0.980. The highest BCUT2D eigenvalue weighted by molar-refractivity contribution is 6.31. The summed E-state index contributed by atoms with van der Waals surface area (Å²) in [7, 11) is 0. The second kappa shape index (κ2) is 8.39. The molecule has 1 unspecified atom stereocenters. The van der Waals surface area contributed by atoms with Gasteiger partial charge in [0.05, 0.1) is 16.6 Å². The lowest BCUT2D eigenvalue weighted by atomic mass is 9.96. The van der Waals surface area contributed by atoms with Gasteiger partial charge in [-0.05, 0) is 43.5 Å². The molecule has 29 heavy (non-hydrogen) atoms. The average molecular weight is 418 g/mol. The minimum absolute atomic E-state index is 0.0136. The quantitative estimate of drug-likeness (QED) is 0.514. The van der Waals surface area contributed by atoms with Crippen LogP contribution in [-0.2, 0) is 0 Å². The molecule has 1 atom stereocenters. The van der Waals surface area contributed by atoms with E-state index in [2.05, 4.69) is 15.3 Å². The van der Waals surface area contributed by atoms with E-state index in [-0.39, 0.29) is 11.1 Å². The van der Waals surface area contributed by atoms with E-state index in [0.717, 1.165) is 19.3 Å². The molecule has 1 aromatic heterocycles. The van der Waals surface area contributed by atoms with Crippen molar-refractivity contribution in [1.82, 2.24) is 9.97 Å². The number of nitrogens with one attached hydrogen (secondary N) is 1. The van der Waals surface area contributed by atoms with Crippen molar-refractivity contribution in [3.63, 3.8) is 0 Å². The molecular weight excluding hydrogens is 397 g/mol. The van der Waals surface area contributed by atoms with Gasteiger partial charge in [-0.2, -0.15) is 0 Å². The number of ether oxygens (including phenoxy) is 2. The fourth-order valence-corrected chi connectivity index (χ4v) is 3.14. The van der Waals surface area contributed by atoms with Gasteiger partial charge in [0.15, 0.2) is 17.8 Å². The smallest absolute Gasteiger partial charge is 0.197 e. The molecule has 8 heteroatoms. The van der Waals surface area contributed by atoms with Crippen molar-refractivity contribution < 1.29 is 19.0 Å². The average Bonchev–Trinajstić information content (AvgIpc) is 2.68. The number of anilines is 2. The van der Waals surface area contributed by atoms with E-state index in [1.54, 1.807) is 18.2 Å². The van der Waals surface area contributed by atoms with E-state index in [0.29, 0.717) is 40.3 Å². The molecule has 1 aliphatic carbocycles. The molecule has 0 radical (unpaired) electrons. The maximum Gasteiger partial charge on any atom is 0.197 e. The zero-order valence-corrected chi connectivity index (χ0v) is 16.6. The Balaban J connectivity index is 1.73. The van der Waals surface area contributed by atoms with Crippen LogP contribution in [0, 0.1) is 5.82 Å². The van der Waals surface area contributed by atoms with Crippen LogP contribution < -0.4 is 14.8 Å². The van der Waals surface area contributed by atoms with Crippen LogP contribution in [0.5, 0.6) is 11.5 Å². The molecular formula is C21H21ClFN3O3. The Bertz CT molecular complexity index is 1030. The van der Waals surface area contributed by atoms with Gasteiger partial charge in [-0.15, -0.1) is 0 Å². The molecule has 3 aromatic rings. The Labute approximate surface area is 172 Å². The van der Waals surface area contributed by atoms with Gasteiger partial charge in [-0.3, -0.25) is 0 Å². The maximum atomic E-state index is 13.4.